The summed E-state index contributed by atoms with van der Waals surface area (Å²) in [6.07, 6.45) is 4.84. The first kappa shape index (κ1) is 12.8. The third kappa shape index (κ3) is 4.33. The van der Waals surface area contributed by atoms with Crippen LogP contribution in [0.25, 0.3) is 0 Å². The summed E-state index contributed by atoms with van der Waals surface area (Å²) in [6, 6.07) is 3.68. The Morgan fingerprint density at radius 2 is 2.33 bits per heavy atom. The highest BCUT2D eigenvalue weighted by molar-refractivity contribution is 5.77. The van der Waals surface area contributed by atoms with Crippen molar-refractivity contribution in [1.29, 1.82) is 0 Å². The molecule has 18 heavy (non-hydrogen) atoms. The van der Waals surface area contributed by atoms with Gasteiger partial charge in [0.1, 0.15) is 5.75 Å². The molecule has 1 aromatic rings. The first-order valence-electron chi connectivity index (χ1n) is 6.32. The van der Waals surface area contributed by atoms with Crippen LogP contribution in [-0.4, -0.2) is 30.6 Å². The van der Waals surface area contributed by atoms with Crippen LogP contribution in [0.4, 0.5) is 0 Å². The summed E-state index contributed by atoms with van der Waals surface area (Å²) in [5, 5.41) is 2.85. The number of carbonyl (C=O) groups excluding carboxylic acids is 1. The number of ether oxygens (including phenoxy) is 1. The third-order valence-electron chi connectivity index (χ3n) is 2.85. The number of nitrogens with one attached hydrogen (secondary N) is 1. The fraction of sp³-hybridized carbons (Fsp3) is 0.538. The highest BCUT2D eigenvalue weighted by Gasteiger charge is 2.21. The molecule has 0 aromatic carbocycles. The standard InChI is InChI=1S/C13H19N3O2/c14-6-5-11-3-4-12(8-15-11)18-9-13(17)16-7-10-1-2-10/h3-4,8,10H,1-2,5-7,9,14H2,(H,16,17). The van der Waals surface area contributed by atoms with E-state index in [1.54, 1.807) is 6.20 Å². The Morgan fingerprint density at radius 3 is 2.94 bits per heavy atom. The van der Waals surface area contributed by atoms with Gasteiger partial charge in [-0.05, 0) is 37.4 Å². The van der Waals surface area contributed by atoms with Crippen molar-refractivity contribution < 1.29 is 9.53 Å². The zero-order valence-electron chi connectivity index (χ0n) is 10.4. The van der Waals surface area contributed by atoms with E-state index in [4.69, 9.17) is 10.5 Å². The smallest absolute Gasteiger partial charge is 0.257 e. The molecule has 1 heterocycles. The minimum atomic E-state index is -0.0760. The van der Waals surface area contributed by atoms with Crippen LogP contribution in [0.15, 0.2) is 18.3 Å². The quantitative estimate of drug-likeness (QED) is 0.737. The predicted octanol–water partition coefficient (Wildman–Crippen LogP) is 0.488. The van der Waals surface area contributed by atoms with Gasteiger partial charge < -0.3 is 15.8 Å². The van der Waals surface area contributed by atoms with E-state index >= 15 is 0 Å². The Kier molecular flexibility index (Phi) is 4.52. The second-order valence-corrected chi connectivity index (χ2v) is 4.56. The molecule has 1 fully saturated rings. The molecule has 5 heteroatoms. The molecular formula is C13H19N3O2. The number of pyridine rings is 1. The van der Waals surface area contributed by atoms with Gasteiger partial charge in [0, 0.05) is 18.7 Å². The van der Waals surface area contributed by atoms with Crippen LogP contribution < -0.4 is 15.8 Å². The van der Waals surface area contributed by atoms with Gasteiger partial charge in [0.15, 0.2) is 6.61 Å². The maximum atomic E-state index is 11.4. The number of aromatic nitrogens is 1. The molecule has 1 amide bonds. The van der Waals surface area contributed by atoms with Crippen LogP contribution in [0.1, 0.15) is 18.5 Å². The van der Waals surface area contributed by atoms with Crippen LogP contribution in [-0.2, 0) is 11.2 Å². The lowest BCUT2D eigenvalue weighted by Gasteiger charge is -2.07. The topological polar surface area (TPSA) is 77.2 Å². The first-order valence-corrected chi connectivity index (χ1v) is 6.32. The molecule has 2 rings (SSSR count). The predicted molar refractivity (Wildman–Crippen MR) is 68.2 cm³/mol. The van der Waals surface area contributed by atoms with Crippen molar-refractivity contribution in [3.05, 3.63) is 24.0 Å². The van der Waals surface area contributed by atoms with E-state index < -0.39 is 0 Å². The minimum Gasteiger partial charge on any atom is -0.482 e. The number of rotatable bonds is 7. The SMILES string of the molecule is NCCc1ccc(OCC(=O)NCC2CC2)cn1. The Bertz CT molecular complexity index is 388. The van der Waals surface area contributed by atoms with Crippen molar-refractivity contribution in [3.63, 3.8) is 0 Å². The van der Waals surface area contributed by atoms with Crippen molar-refractivity contribution in [2.45, 2.75) is 19.3 Å². The fourth-order valence-electron chi connectivity index (χ4n) is 1.57. The summed E-state index contributed by atoms with van der Waals surface area (Å²) in [5.74, 6) is 1.22. The molecule has 1 saturated carbocycles. The summed E-state index contributed by atoms with van der Waals surface area (Å²) >= 11 is 0. The third-order valence-corrected chi connectivity index (χ3v) is 2.85. The largest absolute Gasteiger partial charge is 0.482 e. The molecule has 1 aliphatic rings. The van der Waals surface area contributed by atoms with E-state index in [-0.39, 0.29) is 12.5 Å². The molecule has 0 unspecified atom stereocenters. The molecular weight excluding hydrogens is 230 g/mol. The van der Waals surface area contributed by atoms with Crippen LogP contribution in [0, 0.1) is 5.92 Å². The average molecular weight is 249 g/mol. The number of hydrogen-bond acceptors (Lipinski definition) is 4. The molecule has 3 N–H and O–H groups in total. The van der Waals surface area contributed by atoms with Crippen LogP contribution >= 0.6 is 0 Å². The van der Waals surface area contributed by atoms with Gasteiger partial charge in [0.25, 0.3) is 5.91 Å². The maximum Gasteiger partial charge on any atom is 0.257 e. The van der Waals surface area contributed by atoms with Crippen LogP contribution in [0.2, 0.25) is 0 Å². The lowest BCUT2D eigenvalue weighted by Crippen LogP contribution is -2.30. The Hall–Kier alpha value is -1.62. The fourth-order valence-corrected chi connectivity index (χ4v) is 1.57. The molecule has 0 radical (unpaired) electrons. The Balaban J connectivity index is 1.69. The molecule has 0 saturated heterocycles. The molecule has 0 spiro atoms. The van der Waals surface area contributed by atoms with Gasteiger partial charge in [-0.25, -0.2) is 0 Å². The monoisotopic (exact) mass is 249 g/mol. The van der Waals surface area contributed by atoms with E-state index in [2.05, 4.69) is 10.3 Å². The normalized spacial score (nSPS) is 14.3. The lowest BCUT2D eigenvalue weighted by atomic mass is 10.3. The van der Waals surface area contributed by atoms with Gasteiger partial charge in [0.05, 0.1) is 6.20 Å². The molecule has 98 valence electrons. The summed E-state index contributed by atoms with van der Waals surface area (Å²) < 4.78 is 5.35. The Morgan fingerprint density at radius 1 is 1.50 bits per heavy atom. The number of hydrogen-bond donors (Lipinski definition) is 2. The highest BCUT2D eigenvalue weighted by atomic mass is 16.5. The summed E-state index contributed by atoms with van der Waals surface area (Å²) in [7, 11) is 0. The minimum absolute atomic E-state index is 0.0463. The number of carbonyl (C=O) groups is 1. The number of amides is 1. The van der Waals surface area contributed by atoms with E-state index in [1.807, 2.05) is 12.1 Å². The molecule has 0 atom stereocenters. The highest BCUT2D eigenvalue weighted by Crippen LogP contribution is 2.27. The van der Waals surface area contributed by atoms with Gasteiger partial charge in [-0.3, -0.25) is 9.78 Å². The van der Waals surface area contributed by atoms with E-state index in [0.717, 1.165) is 18.7 Å². The van der Waals surface area contributed by atoms with Crippen molar-refractivity contribution in [2.24, 2.45) is 11.7 Å². The van der Waals surface area contributed by atoms with E-state index in [9.17, 15) is 4.79 Å². The van der Waals surface area contributed by atoms with Gasteiger partial charge in [0.2, 0.25) is 0 Å². The van der Waals surface area contributed by atoms with Gasteiger partial charge >= 0.3 is 0 Å². The van der Waals surface area contributed by atoms with Crippen molar-refractivity contribution in [2.75, 3.05) is 19.7 Å². The second-order valence-electron chi connectivity index (χ2n) is 4.56. The average Bonchev–Trinajstić information content (AvgIpc) is 3.20. The van der Waals surface area contributed by atoms with Crippen molar-refractivity contribution in [3.8, 4) is 5.75 Å². The van der Waals surface area contributed by atoms with Gasteiger partial charge in [-0.15, -0.1) is 0 Å². The van der Waals surface area contributed by atoms with E-state index in [0.29, 0.717) is 18.2 Å². The molecule has 0 aliphatic heterocycles. The van der Waals surface area contributed by atoms with Crippen LogP contribution in [0.3, 0.4) is 0 Å². The van der Waals surface area contributed by atoms with Crippen molar-refractivity contribution in [1.82, 2.24) is 10.3 Å². The molecule has 1 aromatic heterocycles. The van der Waals surface area contributed by atoms with Gasteiger partial charge in [-0.1, -0.05) is 0 Å². The summed E-state index contributed by atoms with van der Waals surface area (Å²) in [5.41, 5.74) is 6.37. The van der Waals surface area contributed by atoms with Crippen LogP contribution in [0.5, 0.6) is 5.75 Å². The van der Waals surface area contributed by atoms with Crippen molar-refractivity contribution >= 4 is 5.91 Å². The second kappa shape index (κ2) is 6.35. The first-order chi connectivity index (χ1) is 8.78. The van der Waals surface area contributed by atoms with Gasteiger partial charge in [-0.2, -0.15) is 0 Å². The zero-order valence-corrected chi connectivity index (χ0v) is 10.4. The molecule has 1 aliphatic carbocycles. The lowest BCUT2D eigenvalue weighted by molar-refractivity contribution is -0.123. The zero-order chi connectivity index (χ0) is 12.8. The maximum absolute atomic E-state index is 11.4. The number of nitrogens with two attached hydrogens (primary N) is 1. The summed E-state index contributed by atoms with van der Waals surface area (Å²) in [6.45, 7) is 1.40. The number of nitrogens with zero attached hydrogens (tertiary/aromatic N) is 1. The molecule has 5 nitrogen and oxygen atoms in total. The summed E-state index contributed by atoms with van der Waals surface area (Å²) in [4.78, 5) is 15.6. The molecule has 0 bridgehead atoms. The Labute approximate surface area is 107 Å². The van der Waals surface area contributed by atoms with E-state index in [1.165, 1.54) is 12.8 Å².